The highest BCUT2D eigenvalue weighted by molar-refractivity contribution is 5.71. The fourth-order valence-corrected chi connectivity index (χ4v) is 1.06. The van der Waals surface area contributed by atoms with Crippen molar-refractivity contribution in [3.05, 3.63) is 0 Å². The summed E-state index contributed by atoms with van der Waals surface area (Å²) in [5, 5.41) is 0.984. The van der Waals surface area contributed by atoms with Crippen LogP contribution < -0.4 is 5.73 Å². The Bertz CT molecular complexity index is 161. The molecule has 6 heteroatoms. The van der Waals surface area contributed by atoms with Gasteiger partial charge in [-0.15, -0.1) is 0 Å². The van der Waals surface area contributed by atoms with Crippen molar-refractivity contribution in [3.63, 3.8) is 0 Å². The highest BCUT2D eigenvalue weighted by Crippen LogP contribution is 2.07. The minimum absolute atomic E-state index is 0.405. The van der Waals surface area contributed by atoms with Gasteiger partial charge in [-0.05, 0) is 6.92 Å². The van der Waals surface area contributed by atoms with E-state index in [9.17, 15) is 4.79 Å². The summed E-state index contributed by atoms with van der Waals surface area (Å²) in [6.07, 6.45) is -0.563. The molecule has 0 aromatic heterocycles. The number of hydrogen-bond donors (Lipinski definition) is 1. The number of nitrogens with zero attached hydrogens (tertiary/aromatic N) is 1. The zero-order valence-corrected chi connectivity index (χ0v) is 8.31. The van der Waals surface area contributed by atoms with E-state index in [-0.39, 0.29) is 0 Å². The van der Waals surface area contributed by atoms with Crippen LogP contribution in [-0.2, 0) is 14.3 Å². The van der Waals surface area contributed by atoms with Crippen LogP contribution in [0.3, 0.4) is 0 Å². The molecule has 0 aromatic carbocycles. The van der Waals surface area contributed by atoms with Crippen LogP contribution in [-0.4, -0.2) is 44.8 Å². The summed E-state index contributed by atoms with van der Waals surface area (Å²) < 4.78 is 9.89. The third kappa shape index (κ3) is 3.17. The second kappa shape index (κ2) is 5.74. The van der Waals surface area contributed by atoms with Gasteiger partial charge in [-0.1, -0.05) is 0 Å². The minimum atomic E-state index is -0.686. The van der Waals surface area contributed by atoms with Gasteiger partial charge in [-0.2, -0.15) is 5.06 Å². The SMILES string of the molecule is COC(OC)C(C)N(OC)C(N)=O. The molecule has 0 heterocycles. The first-order valence-electron chi connectivity index (χ1n) is 3.76. The highest BCUT2D eigenvalue weighted by atomic mass is 16.7. The van der Waals surface area contributed by atoms with Gasteiger partial charge in [0.05, 0.1) is 7.11 Å². The topological polar surface area (TPSA) is 74.0 Å². The zero-order valence-electron chi connectivity index (χ0n) is 8.31. The van der Waals surface area contributed by atoms with E-state index in [4.69, 9.17) is 20.0 Å². The molecular formula is C7H16N2O4. The number of carbonyl (C=O) groups is 1. The lowest BCUT2D eigenvalue weighted by Crippen LogP contribution is -2.48. The second-order valence-corrected chi connectivity index (χ2v) is 2.43. The van der Waals surface area contributed by atoms with Crippen molar-refractivity contribution in [2.75, 3.05) is 21.3 Å². The summed E-state index contributed by atoms with van der Waals surface area (Å²) >= 11 is 0. The third-order valence-corrected chi connectivity index (χ3v) is 1.64. The van der Waals surface area contributed by atoms with E-state index in [1.54, 1.807) is 6.92 Å². The lowest BCUT2D eigenvalue weighted by molar-refractivity contribution is -0.202. The van der Waals surface area contributed by atoms with E-state index in [0.717, 1.165) is 5.06 Å². The Hall–Kier alpha value is -0.850. The molecule has 0 saturated heterocycles. The molecular weight excluding hydrogens is 176 g/mol. The van der Waals surface area contributed by atoms with Gasteiger partial charge in [0.25, 0.3) is 0 Å². The van der Waals surface area contributed by atoms with Crippen LogP contribution in [0.2, 0.25) is 0 Å². The number of methoxy groups -OCH3 is 2. The van der Waals surface area contributed by atoms with Crippen LogP contribution in [0.25, 0.3) is 0 Å². The normalized spacial score (nSPS) is 13.0. The number of rotatable bonds is 5. The predicted octanol–water partition coefficient (Wildman–Crippen LogP) is -0.0641. The highest BCUT2D eigenvalue weighted by Gasteiger charge is 2.26. The Labute approximate surface area is 77.5 Å². The van der Waals surface area contributed by atoms with Crippen molar-refractivity contribution < 1.29 is 19.1 Å². The van der Waals surface area contributed by atoms with Gasteiger partial charge in [0.1, 0.15) is 6.04 Å². The molecule has 0 saturated carbocycles. The molecule has 2 N–H and O–H groups in total. The zero-order chi connectivity index (χ0) is 10.4. The number of primary amides is 1. The average molecular weight is 192 g/mol. The summed E-state index contributed by atoms with van der Waals surface area (Å²) in [7, 11) is 4.29. The number of nitrogens with two attached hydrogens (primary N) is 1. The van der Waals surface area contributed by atoms with Crippen LogP contribution in [0.15, 0.2) is 0 Å². The summed E-state index contributed by atoms with van der Waals surface area (Å²) in [6.45, 7) is 1.70. The smallest absolute Gasteiger partial charge is 0.339 e. The van der Waals surface area contributed by atoms with E-state index < -0.39 is 18.4 Å². The van der Waals surface area contributed by atoms with Crippen LogP contribution in [0.5, 0.6) is 0 Å². The van der Waals surface area contributed by atoms with Gasteiger partial charge in [0, 0.05) is 14.2 Å². The van der Waals surface area contributed by atoms with Crippen molar-refractivity contribution in [1.82, 2.24) is 5.06 Å². The lowest BCUT2D eigenvalue weighted by Gasteiger charge is -2.29. The molecule has 0 bridgehead atoms. The standard InChI is InChI=1S/C7H16N2O4/c1-5(6(11-2)12-3)9(13-4)7(8)10/h5-6H,1-4H3,(H2,8,10). The summed E-state index contributed by atoms with van der Waals surface area (Å²) in [4.78, 5) is 15.6. The second-order valence-electron chi connectivity index (χ2n) is 2.43. The maximum atomic E-state index is 10.8. The molecule has 0 aliphatic rings. The molecule has 0 radical (unpaired) electrons. The quantitative estimate of drug-likeness (QED) is 0.489. The van der Waals surface area contributed by atoms with Gasteiger partial charge < -0.3 is 15.2 Å². The molecule has 6 nitrogen and oxygen atoms in total. The summed E-state index contributed by atoms with van der Waals surface area (Å²) in [6, 6.07) is -1.09. The number of hydroxylamine groups is 2. The van der Waals surface area contributed by atoms with E-state index in [0.29, 0.717) is 0 Å². The maximum Gasteiger partial charge on any atom is 0.339 e. The third-order valence-electron chi connectivity index (χ3n) is 1.64. The first-order valence-corrected chi connectivity index (χ1v) is 3.76. The lowest BCUT2D eigenvalue weighted by atomic mass is 10.3. The van der Waals surface area contributed by atoms with Gasteiger partial charge in [0.15, 0.2) is 6.29 Å². The molecule has 0 aliphatic heterocycles. The minimum Gasteiger partial charge on any atom is -0.354 e. The molecule has 0 fully saturated rings. The monoisotopic (exact) mass is 192 g/mol. The van der Waals surface area contributed by atoms with Crippen molar-refractivity contribution >= 4 is 6.03 Å². The van der Waals surface area contributed by atoms with Gasteiger partial charge in [-0.25, -0.2) is 4.79 Å². The molecule has 78 valence electrons. The van der Waals surface area contributed by atoms with Crippen LogP contribution >= 0.6 is 0 Å². The van der Waals surface area contributed by atoms with E-state index in [2.05, 4.69) is 0 Å². The molecule has 1 atom stereocenters. The van der Waals surface area contributed by atoms with Crippen LogP contribution in [0.1, 0.15) is 6.92 Å². The van der Waals surface area contributed by atoms with Crippen molar-refractivity contribution in [3.8, 4) is 0 Å². The fraction of sp³-hybridized carbons (Fsp3) is 0.857. The van der Waals surface area contributed by atoms with E-state index >= 15 is 0 Å². The van der Waals surface area contributed by atoms with Crippen molar-refractivity contribution in [1.29, 1.82) is 0 Å². The predicted molar refractivity (Wildman–Crippen MR) is 45.7 cm³/mol. The number of carbonyl (C=O) groups excluding carboxylic acids is 1. The number of ether oxygens (including phenoxy) is 2. The summed E-state index contributed by atoms with van der Waals surface area (Å²) in [5.74, 6) is 0. The fourth-order valence-electron chi connectivity index (χ4n) is 1.06. The number of amides is 2. The number of hydrogen-bond acceptors (Lipinski definition) is 4. The van der Waals surface area contributed by atoms with Gasteiger partial charge >= 0.3 is 6.03 Å². The van der Waals surface area contributed by atoms with Crippen molar-refractivity contribution in [2.24, 2.45) is 5.73 Å². The van der Waals surface area contributed by atoms with Crippen LogP contribution in [0.4, 0.5) is 4.79 Å². The number of urea groups is 1. The molecule has 0 aromatic rings. The van der Waals surface area contributed by atoms with E-state index in [1.165, 1.54) is 21.3 Å². The Morgan fingerprint density at radius 1 is 1.31 bits per heavy atom. The Balaban J connectivity index is 4.33. The molecule has 1 unspecified atom stereocenters. The summed E-state index contributed by atoms with van der Waals surface area (Å²) in [5.41, 5.74) is 5.05. The molecule has 13 heavy (non-hydrogen) atoms. The van der Waals surface area contributed by atoms with Gasteiger partial charge in [0.2, 0.25) is 0 Å². The first kappa shape index (κ1) is 12.2. The van der Waals surface area contributed by atoms with Crippen molar-refractivity contribution in [2.45, 2.75) is 19.3 Å². The molecule has 0 aliphatic carbocycles. The van der Waals surface area contributed by atoms with Crippen LogP contribution in [0, 0.1) is 0 Å². The average Bonchev–Trinajstić information content (AvgIpc) is 2.07. The van der Waals surface area contributed by atoms with E-state index in [1.807, 2.05) is 0 Å². The molecule has 0 rings (SSSR count). The maximum absolute atomic E-state index is 10.8. The Morgan fingerprint density at radius 3 is 2.00 bits per heavy atom. The van der Waals surface area contributed by atoms with Gasteiger partial charge in [-0.3, -0.25) is 4.84 Å². The Kier molecular flexibility index (Phi) is 5.36. The Morgan fingerprint density at radius 2 is 1.77 bits per heavy atom. The first-order chi connectivity index (χ1) is 6.08. The molecule has 0 spiro atoms. The molecule has 2 amide bonds. The largest absolute Gasteiger partial charge is 0.354 e.